The van der Waals surface area contributed by atoms with Crippen LogP contribution in [0.25, 0.3) is 0 Å². The van der Waals surface area contributed by atoms with Gasteiger partial charge < -0.3 is 4.74 Å². The van der Waals surface area contributed by atoms with E-state index in [0.717, 1.165) is 13.2 Å². The van der Waals surface area contributed by atoms with E-state index in [1.807, 2.05) is 13.8 Å². The quantitative estimate of drug-likeness (QED) is 0.482. The lowest BCUT2D eigenvalue weighted by atomic mass is 10.8. The Morgan fingerprint density at radius 1 is 1.40 bits per heavy atom. The van der Waals surface area contributed by atoms with E-state index in [9.17, 15) is 0 Å². The predicted octanol–water partition coefficient (Wildman–Crippen LogP) is 1.29. The summed E-state index contributed by atoms with van der Waals surface area (Å²) in [7, 11) is 0. The molecule has 0 rings (SSSR count). The van der Waals surface area contributed by atoms with Crippen LogP contribution in [0.2, 0.25) is 0 Å². The normalized spacial score (nSPS) is 8.40. The van der Waals surface area contributed by atoms with Crippen LogP contribution in [-0.4, -0.2) is 13.2 Å². The van der Waals surface area contributed by atoms with Gasteiger partial charge in [-0.2, -0.15) is 0 Å². The Kier molecular flexibility index (Phi) is 3.93. The highest BCUT2D eigenvalue weighted by molar-refractivity contribution is 4.07. The molecule has 0 N–H and O–H groups in total. The van der Waals surface area contributed by atoms with Gasteiger partial charge in [-0.05, 0) is 13.8 Å². The Hall–Kier alpha value is -0.0400. The van der Waals surface area contributed by atoms with Gasteiger partial charge in [-0.1, -0.05) is 0 Å². The molecule has 0 unspecified atom stereocenters. The fraction of sp³-hybridized carbons (Fsp3) is 1.00. The van der Waals surface area contributed by atoms with Gasteiger partial charge >= 0.3 is 0 Å². The summed E-state index contributed by atoms with van der Waals surface area (Å²) in [4.78, 5) is 0. The fourth-order valence-electron chi connectivity index (χ4n) is 0.204. The topological polar surface area (TPSA) is 9.23 Å². The summed E-state index contributed by atoms with van der Waals surface area (Å²) in [5.41, 5.74) is 0. The number of ether oxygens (including phenoxy) is 1. The molecule has 0 aromatic heterocycles. The minimum Gasteiger partial charge on any atom is -0.382 e. The highest BCUT2D eigenvalue weighted by Crippen LogP contribution is 1.64. The van der Waals surface area contributed by atoms with Crippen LogP contribution in [0, 0.1) is 0 Å². The zero-order chi connectivity index (χ0) is 4.12. The third-order valence-electron chi connectivity index (χ3n) is 0.408. The average Bonchev–Trinajstić information content (AvgIpc) is 1.41. The monoisotopic (exact) mass is 77.1 g/mol. The Balaban J connectivity index is 0. The molecule has 0 radical (unpaired) electrons. The average molecular weight is 77.1 g/mol. The summed E-state index contributed by atoms with van der Waals surface area (Å²) in [5, 5.41) is 0. The van der Waals surface area contributed by atoms with Crippen LogP contribution in [0.1, 0.15) is 15.3 Å². The van der Waals surface area contributed by atoms with Crippen molar-refractivity contribution in [1.82, 2.24) is 0 Å². The summed E-state index contributed by atoms with van der Waals surface area (Å²) in [6.07, 6.45) is 0. The molecule has 0 spiro atoms. The molecule has 1 nitrogen and oxygen atoms in total. The first-order valence-corrected chi connectivity index (χ1v) is 1.99. The second-order valence-corrected chi connectivity index (χ2v) is 0.781. The molecule has 0 heterocycles. The molecule has 0 aliphatic carbocycles. The minimum absolute atomic E-state index is 0. The smallest absolute Gasteiger partial charge is 0.0437 e. The zero-order valence-corrected chi connectivity index (χ0v) is 3.82. The van der Waals surface area contributed by atoms with Gasteiger partial charge in [0.15, 0.2) is 0 Å². The summed E-state index contributed by atoms with van der Waals surface area (Å²) in [5.74, 6) is 0. The number of rotatable bonds is 2. The molecule has 1 heteroatoms. The van der Waals surface area contributed by atoms with Crippen LogP contribution in [0.5, 0.6) is 0 Å². The van der Waals surface area contributed by atoms with Gasteiger partial charge in [0.05, 0.1) is 0 Å². The molecule has 0 aliphatic rings. The Morgan fingerprint density at radius 3 is 1.80 bits per heavy atom. The second-order valence-electron chi connectivity index (χ2n) is 0.781. The maximum atomic E-state index is 4.83. The molecule has 0 aromatic carbocycles. The molecule has 0 aromatic rings. The maximum absolute atomic E-state index is 4.83. The van der Waals surface area contributed by atoms with Crippen molar-refractivity contribution in [1.29, 1.82) is 0 Å². The lowest BCUT2D eigenvalue weighted by molar-refractivity contribution is 0.162. The molecular weight excluding hydrogens is 64.0 g/mol. The van der Waals surface area contributed by atoms with Crippen molar-refractivity contribution >= 4 is 0 Å². The van der Waals surface area contributed by atoms with Crippen LogP contribution < -0.4 is 0 Å². The fourth-order valence-corrected chi connectivity index (χ4v) is 0.204. The summed E-state index contributed by atoms with van der Waals surface area (Å²) in [6.45, 7) is 5.67. The van der Waals surface area contributed by atoms with Crippen molar-refractivity contribution in [3.05, 3.63) is 0 Å². The molecular formula is C4H12O. The van der Waals surface area contributed by atoms with Gasteiger partial charge in [0, 0.05) is 14.6 Å². The zero-order valence-electron chi connectivity index (χ0n) is 3.82. The maximum Gasteiger partial charge on any atom is 0.0437 e. The molecule has 0 saturated carbocycles. The van der Waals surface area contributed by atoms with Gasteiger partial charge in [0.1, 0.15) is 0 Å². The van der Waals surface area contributed by atoms with E-state index >= 15 is 0 Å². The van der Waals surface area contributed by atoms with E-state index < -0.39 is 0 Å². The lowest BCUT2D eigenvalue weighted by Crippen LogP contribution is -1.84. The molecule has 0 bridgehead atoms. The van der Waals surface area contributed by atoms with Gasteiger partial charge in [-0.3, -0.25) is 0 Å². The third-order valence-corrected chi connectivity index (χ3v) is 0.408. The van der Waals surface area contributed by atoms with E-state index in [2.05, 4.69) is 0 Å². The van der Waals surface area contributed by atoms with Gasteiger partial charge in [-0.15, -0.1) is 0 Å². The van der Waals surface area contributed by atoms with Crippen LogP contribution in [0.15, 0.2) is 0 Å². The Bertz CT molecular complexity index is 15.0. The molecule has 0 aliphatic heterocycles. The first kappa shape index (κ1) is 4.96. The highest BCUT2D eigenvalue weighted by Gasteiger charge is 1.64. The number of hydrogen-bond donors (Lipinski definition) is 0. The van der Waals surface area contributed by atoms with Crippen molar-refractivity contribution in [3.8, 4) is 0 Å². The van der Waals surface area contributed by atoms with Crippen LogP contribution in [0.4, 0.5) is 0 Å². The predicted molar refractivity (Wildman–Crippen MR) is 24.3 cm³/mol. The van der Waals surface area contributed by atoms with Crippen molar-refractivity contribution < 1.29 is 6.16 Å². The van der Waals surface area contributed by atoms with Crippen molar-refractivity contribution in [2.75, 3.05) is 13.2 Å². The Labute approximate surface area is 34.4 Å². The highest BCUT2D eigenvalue weighted by atomic mass is 16.5. The van der Waals surface area contributed by atoms with E-state index in [4.69, 9.17) is 4.74 Å². The first-order chi connectivity index (χ1) is 2.41. The first-order valence-electron chi connectivity index (χ1n) is 1.99. The van der Waals surface area contributed by atoms with Crippen molar-refractivity contribution in [2.24, 2.45) is 0 Å². The molecule has 0 saturated heterocycles. The van der Waals surface area contributed by atoms with Gasteiger partial charge in [-0.25, -0.2) is 0 Å². The van der Waals surface area contributed by atoms with Crippen LogP contribution >= 0.6 is 0 Å². The van der Waals surface area contributed by atoms with E-state index in [1.54, 1.807) is 0 Å². The summed E-state index contributed by atoms with van der Waals surface area (Å²) < 4.78 is 4.83. The molecule has 5 heavy (non-hydrogen) atoms. The van der Waals surface area contributed by atoms with E-state index in [-0.39, 0.29) is 1.43 Å². The number of hydrogen-bond acceptors (Lipinski definition) is 1. The summed E-state index contributed by atoms with van der Waals surface area (Å²) in [6, 6.07) is 0. The van der Waals surface area contributed by atoms with Crippen molar-refractivity contribution in [3.63, 3.8) is 0 Å². The largest absolute Gasteiger partial charge is 0.382 e. The van der Waals surface area contributed by atoms with Crippen LogP contribution in [-0.2, 0) is 4.74 Å². The van der Waals surface area contributed by atoms with E-state index in [1.165, 1.54) is 0 Å². The molecule has 0 amide bonds. The van der Waals surface area contributed by atoms with Crippen molar-refractivity contribution in [2.45, 2.75) is 13.8 Å². The summed E-state index contributed by atoms with van der Waals surface area (Å²) >= 11 is 0. The Morgan fingerprint density at radius 2 is 1.80 bits per heavy atom. The lowest BCUT2D eigenvalue weighted by Gasteiger charge is -1.86. The van der Waals surface area contributed by atoms with Gasteiger partial charge in [0.25, 0.3) is 0 Å². The van der Waals surface area contributed by atoms with E-state index in [0.29, 0.717) is 0 Å². The molecule has 0 fully saturated rings. The minimum atomic E-state index is 0. The molecule has 34 valence electrons. The van der Waals surface area contributed by atoms with Gasteiger partial charge in [0.2, 0.25) is 0 Å². The second kappa shape index (κ2) is 3.96. The molecule has 0 atom stereocenters. The SMILES string of the molecule is CCOCC.[2HH]. The standard InChI is InChI=1S/C4H10O.H2/c1-3-5-4-2;/h3-4H2,1-2H3;1H/i;1+1. The van der Waals surface area contributed by atoms with Crippen LogP contribution in [0.3, 0.4) is 0 Å². The third kappa shape index (κ3) is 3.96.